The summed E-state index contributed by atoms with van der Waals surface area (Å²) in [5, 5.41) is 0. The summed E-state index contributed by atoms with van der Waals surface area (Å²) in [5.41, 5.74) is 7.56. The van der Waals surface area contributed by atoms with Crippen LogP contribution in [0.3, 0.4) is 0 Å². The molecule has 1 aromatic rings. The van der Waals surface area contributed by atoms with Crippen LogP contribution in [0, 0.1) is 0 Å². The first-order chi connectivity index (χ1) is 9.18. The minimum absolute atomic E-state index is 0.0845. The molecule has 0 saturated carbocycles. The molecule has 0 aliphatic carbocycles. The van der Waals surface area contributed by atoms with Gasteiger partial charge in [0.25, 0.3) is 0 Å². The molecule has 2 rings (SSSR count). The number of nitrogens with zero attached hydrogens (tertiary/aromatic N) is 2. The Kier molecular flexibility index (Phi) is 4.97. The molecule has 106 valence electrons. The molecule has 19 heavy (non-hydrogen) atoms. The van der Waals surface area contributed by atoms with Gasteiger partial charge in [-0.3, -0.25) is 4.90 Å². The van der Waals surface area contributed by atoms with Crippen molar-refractivity contribution < 1.29 is 0 Å². The molecule has 3 nitrogen and oxygen atoms in total. The third-order valence-corrected chi connectivity index (χ3v) is 4.45. The summed E-state index contributed by atoms with van der Waals surface area (Å²) >= 11 is 0. The number of hydrogen-bond donors (Lipinski definition) is 1. The summed E-state index contributed by atoms with van der Waals surface area (Å²) in [4.78, 5) is 5.09. The third kappa shape index (κ3) is 3.56. The molecule has 0 amide bonds. The maximum atomic E-state index is 6.10. The highest BCUT2D eigenvalue weighted by Crippen LogP contribution is 2.21. The Bertz CT molecular complexity index is 371. The Balaban J connectivity index is 2.02. The number of nitrogens with two attached hydrogens (primary N) is 1. The van der Waals surface area contributed by atoms with Gasteiger partial charge in [0.15, 0.2) is 0 Å². The fraction of sp³-hybridized carbons (Fsp3) is 0.625. The highest BCUT2D eigenvalue weighted by molar-refractivity contribution is 5.18. The van der Waals surface area contributed by atoms with E-state index in [1.54, 1.807) is 0 Å². The van der Waals surface area contributed by atoms with Crippen molar-refractivity contribution >= 4 is 0 Å². The molecule has 1 aliphatic heterocycles. The van der Waals surface area contributed by atoms with Crippen molar-refractivity contribution in [3.63, 3.8) is 0 Å². The minimum atomic E-state index is 0.0845. The first kappa shape index (κ1) is 14.5. The number of piperazine rings is 1. The van der Waals surface area contributed by atoms with E-state index in [4.69, 9.17) is 5.73 Å². The van der Waals surface area contributed by atoms with Crippen LogP contribution in [0.4, 0.5) is 0 Å². The first-order valence-corrected chi connectivity index (χ1v) is 7.39. The van der Waals surface area contributed by atoms with Crippen molar-refractivity contribution in [3.8, 4) is 0 Å². The lowest BCUT2D eigenvalue weighted by molar-refractivity contribution is 0.0486. The largest absolute Gasteiger partial charge is 0.329 e. The van der Waals surface area contributed by atoms with E-state index in [1.807, 2.05) is 0 Å². The lowest BCUT2D eigenvalue weighted by Gasteiger charge is -2.45. The van der Waals surface area contributed by atoms with Crippen LogP contribution in [0.25, 0.3) is 0 Å². The number of hydrogen-bond acceptors (Lipinski definition) is 3. The maximum Gasteiger partial charge on any atom is 0.0344 e. The second-order valence-electron chi connectivity index (χ2n) is 5.78. The fourth-order valence-corrected chi connectivity index (χ4v) is 2.95. The smallest absolute Gasteiger partial charge is 0.0344 e. The average molecular weight is 261 g/mol. The summed E-state index contributed by atoms with van der Waals surface area (Å²) < 4.78 is 0. The molecule has 1 aliphatic rings. The normalized spacial score (nSPS) is 21.2. The Labute approximate surface area is 117 Å². The topological polar surface area (TPSA) is 32.5 Å². The van der Waals surface area contributed by atoms with Gasteiger partial charge in [-0.2, -0.15) is 0 Å². The van der Waals surface area contributed by atoms with Gasteiger partial charge in [-0.15, -0.1) is 0 Å². The van der Waals surface area contributed by atoms with E-state index in [-0.39, 0.29) is 5.54 Å². The summed E-state index contributed by atoms with van der Waals surface area (Å²) in [7, 11) is 0. The number of rotatable bonds is 5. The van der Waals surface area contributed by atoms with Crippen molar-refractivity contribution in [2.24, 2.45) is 5.73 Å². The van der Waals surface area contributed by atoms with Crippen molar-refractivity contribution in [2.75, 3.05) is 39.3 Å². The SMILES string of the molecule is CCN1CCN(C(C)(CN)Cc2ccccc2)CC1. The second kappa shape index (κ2) is 6.51. The Hall–Kier alpha value is -0.900. The fourth-order valence-electron chi connectivity index (χ4n) is 2.95. The lowest BCUT2D eigenvalue weighted by Crippen LogP contribution is -2.59. The van der Waals surface area contributed by atoms with Gasteiger partial charge in [0, 0.05) is 38.3 Å². The highest BCUT2D eigenvalue weighted by Gasteiger charge is 2.32. The van der Waals surface area contributed by atoms with Crippen molar-refractivity contribution in [3.05, 3.63) is 35.9 Å². The van der Waals surface area contributed by atoms with Crippen LogP contribution >= 0.6 is 0 Å². The summed E-state index contributed by atoms with van der Waals surface area (Å²) in [6, 6.07) is 10.7. The summed E-state index contributed by atoms with van der Waals surface area (Å²) in [6.45, 7) is 11.0. The monoisotopic (exact) mass is 261 g/mol. The standard InChI is InChI=1S/C16H27N3/c1-3-18-9-11-19(12-10-18)16(2,14-17)13-15-7-5-4-6-8-15/h4-8H,3,9-14,17H2,1-2H3. The zero-order chi connectivity index (χ0) is 13.7. The van der Waals surface area contributed by atoms with Gasteiger partial charge >= 0.3 is 0 Å². The first-order valence-electron chi connectivity index (χ1n) is 7.39. The molecule has 1 heterocycles. The Morgan fingerprint density at radius 3 is 2.26 bits per heavy atom. The van der Waals surface area contributed by atoms with E-state index in [0.29, 0.717) is 6.54 Å². The van der Waals surface area contributed by atoms with Gasteiger partial charge < -0.3 is 10.6 Å². The second-order valence-corrected chi connectivity index (χ2v) is 5.78. The van der Waals surface area contributed by atoms with Crippen LogP contribution in [0.1, 0.15) is 19.4 Å². The van der Waals surface area contributed by atoms with Gasteiger partial charge in [0.1, 0.15) is 0 Å². The quantitative estimate of drug-likeness (QED) is 0.873. The zero-order valence-corrected chi connectivity index (χ0v) is 12.3. The van der Waals surface area contributed by atoms with E-state index >= 15 is 0 Å². The molecule has 1 saturated heterocycles. The molecule has 1 fully saturated rings. The van der Waals surface area contributed by atoms with Gasteiger partial charge in [-0.05, 0) is 25.5 Å². The summed E-state index contributed by atoms with van der Waals surface area (Å²) in [6.07, 6.45) is 1.04. The van der Waals surface area contributed by atoms with Gasteiger partial charge in [-0.1, -0.05) is 37.3 Å². The van der Waals surface area contributed by atoms with E-state index in [2.05, 4.69) is 54.0 Å². The molecule has 1 unspecified atom stereocenters. The molecule has 2 N–H and O–H groups in total. The minimum Gasteiger partial charge on any atom is -0.329 e. The van der Waals surface area contributed by atoms with Crippen LogP contribution in [0.2, 0.25) is 0 Å². The predicted molar refractivity (Wildman–Crippen MR) is 81.3 cm³/mol. The summed E-state index contributed by atoms with van der Waals surface area (Å²) in [5.74, 6) is 0. The van der Waals surface area contributed by atoms with Crippen LogP contribution in [0.5, 0.6) is 0 Å². The molecule has 1 aromatic carbocycles. The molecule has 3 heteroatoms. The zero-order valence-electron chi connectivity index (χ0n) is 12.3. The van der Waals surface area contributed by atoms with Crippen LogP contribution in [-0.4, -0.2) is 54.6 Å². The van der Waals surface area contributed by atoms with E-state index in [9.17, 15) is 0 Å². The van der Waals surface area contributed by atoms with Crippen LogP contribution in [-0.2, 0) is 6.42 Å². The van der Waals surface area contributed by atoms with Gasteiger partial charge in [0.05, 0.1) is 0 Å². The maximum absolute atomic E-state index is 6.10. The molecule has 1 atom stereocenters. The van der Waals surface area contributed by atoms with E-state index in [1.165, 1.54) is 18.7 Å². The average Bonchev–Trinajstić information content (AvgIpc) is 2.48. The Morgan fingerprint density at radius 2 is 1.74 bits per heavy atom. The molecule has 0 bridgehead atoms. The van der Waals surface area contributed by atoms with Gasteiger partial charge in [0.2, 0.25) is 0 Å². The Morgan fingerprint density at radius 1 is 1.11 bits per heavy atom. The molecule has 0 radical (unpaired) electrons. The van der Waals surface area contributed by atoms with Crippen molar-refractivity contribution in [1.29, 1.82) is 0 Å². The van der Waals surface area contributed by atoms with Gasteiger partial charge in [-0.25, -0.2) is 0 Å². The lowest BCUT2D eigenvalue weighted by atomic mass is 9.90. The van der Waals surface area contributed by atoms with Crippen molar-refractivity contribution in [2.45, 2.75) is 25.8 Å². The molecular formula is C16H27N3. The van der Waals surface area contributed by atoms with Crippen LogP contribution < -0.4 is 5.73 Å². The molecular weight excluding hydrogens is 234 g/mol. The molecule has 0 aromatic heterocycles. The molecule has 0 spiro atoms. The van der Waals surface area contributed by atoms with Crippen LogP contribution in [0.15, 0.2) is 30.3 Å². The van der Waals surface area contributed by atoms with Crippen molar-refractivity contribution in [1.82, 2.24) is 9.80 Å². The van der Waals surface area contributed by atoms with E-state index in [0.717, 1.165) is 26.1 Å². The number of likely N-dealkylation sites (N-methyl/N-ethyl adjacent to an activating group) is 1. The third-order valence-electron chi connectivity index (χ3n) is 4.45. The highest BCUT2D eigenvalue weighted by atomic mass is 15.3. The predicted octanol–water partition coefficient (Wildman–Crippen LogP) is 1.58. The number of benzene rings is 1. The van der Waals surface area contributed by atoms with E-state index < -0.39 is 0 Å².